The number of methoxy groups -OCH3 is 1. The van der Waals surface area contributed by atoms with Gasteiger partial charge in [-0.25, -0.2) is 9.37 Å². The van der Waals surface area contributed by atoms with Crippen molar-refractivity contribution in [3.63, 3.8) is 0 Å². The predicted molar refractivity (Wildman–Crippen MR) is 143 cm³/mol. The molecule has 0 aliphatic carbocycles. The Morgan fingerprint density at radius 2 is 2.13 bits per heavy atom. The van der Waals surface area contributed by atoms with Crippen LogP contribution in [-0.2, 0) is 33.7 Å². The number of ether oxygens (including phenoxy) is 3. The van der Waals surface area contributed by atoms with Crippen molar-refractivity contribution in [1.82, 2.24) is 9.88 Å². The predicted octanol–water partition coefficient (Wildman–Crippen LogP) is 4.75. The van der Waals surface area contributed by atoms with E-state index in [2.05, 4.69) is 5.32 Å². The first-order valence-corrected chi connectivity index (χ1v) is 13.6. The highest BCUT2D eigenvalue weighted by molar-refractivity contribution is 5.76. The van der Waals surface area contributed by atoms with Crippen LogP contribution >= 0.6 is 0 Å². The Morgan fingerprint density at radius 3 is 2.89 bits per heavy atom. The number of nitrogens with zero attached hydrogens (tertiary/aromatic N) is 2. The third kappa shape index (κ3) is 7.21. The van der Waals surface area contributed by atoms with Gasteiger partial charge in [-0.1, -0.05) is 6.07 Å². The molecule has 3 heterocycles. The first-order valence-electron chi connectivity index (χ1n) is 13.6. The summed E-state index contributed by atoms with van der Waals surface area (Å²) < 4.78 is 31.5. The number of unbranched alkanes of at least 4 members (excludes halogenated alkanes) is 1. The monoisotopic (exact) mass is 529 g/mol. The number of aromatic nitrogens is 1. The van der Waals surface area contributed by atoms with Gasteiger partial charge in [0.05, 0.1) is 25.9 Å². The lowest BCUT2D eigenvalue weighted by molar-refractivity contribution is -0.143. The number of likely N-dealkylation sites (tertiary alicyclic amines) is 1. The topological polar surface area (TPSA) is 93.2 Å². The van der Waals surface area contributed by atoms with Gasteiger partial charge in [-0.05, 0) is 75.6 Å². The average molecular weight is 530 g/mol. The molecule has 1 aromatic carbocycles. The number of pyridine rings is 1. The maximum absolute atomic E-state index is 14.1. The number of carbonyl (C=O) groups is 1. The summed E-state index contributed by atoms with van der Waals surface area (Å²) in [7, 11) is 1.70. The van der Waals surface area contributed by atoms with Crippen molar-refractivity contribution >= 4 is 11.8 Å². The Morgan fingerprint density at radius 1 is 1.29 bits per heavy atom. The summed E-state index contributed by atoms with van der Waals surface area (Å²) in [5, 5.41) is 13.4. The molecular weight excluding hydrogens is 489 g/mol. The van der Waals surface area contributed by atoms with Crippen LogP contribution in [0.4, 0.5) is 10.2 Å². The zero-order chi connectivity index (χ0) is 27.1. The number of halogens is 1. The quantitative estimate of drug-likeness (QED) is 0.359. The molecule has 1 aromatic heterocycles. The van der Waals surface area contributed by atoms with Crippen LogP contribution < -0.4 is 10.1 Å². The smallest absolute Gasteiger partial charge is 0.325 e. The molecule has 2 aliphatic rings. The minimum Gasteiger partial charge on any atom is -0.496 e. The normalized spacial score (nSPS) is 18.3. The molecule has 2 atom stereocenters. The first-order chi connectivity index (χ1) is 18.4. The summed E-state index contributed by atoms with van der Waals surface area (Å²) in [5.41, 5.74) is 3.31. The largest absolute Gasteiger partial charge is 0.496 e. The standard InChI is InChI=1S/C29H40FN3O5/c1-19(2)38-18-20-9-10-21(30)15-25(20)27(29(34)35)33-13-11-23(17-33)37-14-5-4-7-22-16-26(36-3)24-8-6-12-31-28(24)32-22/h9-10,15-16,19,23,27H,4-8,11-14,17-18H2,1-3H3,(H,31,32)(H,34,35). The molecule has 0 amide bonds. The molecule has 2 unspecified atom stereocenters. The van der Waals surface area contributed by atoms with Gasteiger partial charge >= 0.3 is 5.97 Å². The summed E-state index contributed by atoms with van der Waals surface area (Å²) in [6.45, 7) is 6.68. The van der Waals surface area contributed by atoms with Gasteiger partial charge in [0.25, 0.3) is 0 Å². The van der Waals surface area contributed by atoms with E-state index >= 15 is 0 Å². The molecule has 4 rings (SSSR count). The molecule has 0 saturated carbocycles. The lowest BCUT2D eigenvalue weighted by atomic mass is 9.99. The van der Waals surface area contributed by atoms with E-state index < -0.39 is 17.8 Å². The van der Waals surface area contributed by atoms with Crippen molar-refractivity contribution in [2.75, 3.05) is 38.7 Å². The second-order valence-corrected chi connectivity index (χ2v) is 10.4. The maximum Gasteiger partial charge on any atom is 0.325 e. The van der Waals surface area contributed by atoms with Gasteiger partial charge in [-0.15, -0.1) is 0 Å². The van der Waals surface area contributed by atoms with Crippen LogP contribution in [0.5, 0.6) is 5.75 Å². The highest BCUT2D eigenvalue weighted by Gasteiger charge is 2.35. The van der Waals surface area contributed by atoms with E-state index in [4.69, 9.17) is 19.2 Å². The molecule has 0 radical (unpaired) electrons. The minimum atomic E-state index is -0.996. The second kappa shape index (κ2) is 13.4. The highest BCUT2D eigenvalue weighted by atomic mass is 19.1. The molecule has 1 saturated heterocycles. The molecule has 0 spiro atoms. The lowest BCUT2D eigenvalue weighted by Crippen LogP contribution is -2.34. The molecule has 2 aliphatic heterocycles. The van der Waals surface area contributed by atoms with Crippen LogP contribution in [0.1, 0.15) is 68.0 Å². The van der Waals surface area contributed by atoms with E-state index in [1.54, 1.807) is 13.2 Å². The summed E-state index contributed by atoms with van der Waals surface area (Å²) in [4.78, 5) is 18.9. The van der Waals surface area contributed by atoms with Gasteiger partial charge < -0.3 is 24.6 Å². The minimum absolute atomic E-state index is 0.0116. The van der Waals surface area contributed by atoms with Crippen LogP contribution in [-0.4, -0.2) is 66.5 Å². The number of anilines is 1. The van der Waals surface area contributed by atoms with Gasteiger partial charge in [0, 0.05) is 43.6 Å². The number of hydrogen-bond donors (Lipinski definition) is 2. The highest BCUT2D eigenvalue weighted by Crippen LogP contribution is 2.32. The lowest BCUT2D eigenvalue weighted by Gasteiger charge is -2.26. The number of aliphatic carboxylic acids is 1. The number of rotatable bonds is 13. The molecule has 0 bridgehead atoms. The fourth-order valence-corrected chi connectivity index (χ4v) is 5.25. The van der Waals surface area contributed by atoms with Crippen LogP contribution in [0.25, 0.3) is 0 Å². The number of fused-ring (bicyclic) bond motifs is 1. The molecule has 38 heavy (non-hydrogen) atoms. The first kappa shape index (κ1) is 28.3. The molecule has 8 nitrogen and oxygen atoms in total. The van der Waals surface area contributed by atoms with Gasteiger partial charge in [0.15, 0.2) is 0 Å². The van der Waals surface area contributed by atoms with E-state index in [1.165, 1.54) is 12.1 Å². The van der Waals surface area contributed by atoms with Crippen molar-refractivity contribution in [3.8, 4) is 5.75 Å². The fourth-order valence-electron chi connectivity index (χ4n) is 5.25. The molecule has 208 valence electrons. The second-order valence-electron chi connectivity index (χ2n) is 10.4. The summed E-state index contributed by atoms with van der Waals surface area (Å²) in [6, 6.07) is 5.40. The fraction of sp³-hybridized carbons (Fsp3) is 0.586. The number of carboxylic acid groups (broad SMARTS) is 1. The van der Waals surface area contributed by atoms with Crippen LogP contribution in [0.2, 0.25) is 0 Å². The SMILES string of the molecule is COc1cc(CCCCOC2CCN(C(C(=O)O)c3cc(F)ccc3COC(C)C)C2)nc2c1CCCN2. The molecule has 2 aromatic rings. The zero-order valence-corrected chi connectivity index (χ0v) is 22.7. The Balaban J connectivity index is 1.28. The van der Waals surface area contributed by atoms with Crippen molar-refractivity contribution < 1.29 is 28.5 Å². The Hall–Kier alpha value is -2.75. The third-order valence-corrected chi connectivity index (χ3v) is 7.18. The van der Waals surface area contributed by atoms with Gasteiger partial charge in [0.2, 0.25) is 0 Å². The number of nitrogens with one attached hydrogen (secondary N) is 1. The number of hydrogen-bond acceptors (Lipinski definition) is 7. The summed E-state index contributed by atoms with van der Waals surface area (Å²) in [6.07, 6.45) is 5.41. The van der Waals surface area contributed by atoms with Crippen molar-refractivity contribution in [2.24, 2.45) is 0 Å². The van der Waals surface area contributed by atoms with Crippen molar-refractivity contribution in [1.29, 1.82) is 0 Å². The summed E-state index contributed by atoms with van der Waals surface area (Å²) in [5.74, 6) is 0.403. The van der Waals surface area contributed by atoms with Gasteiger partial charge in [-0.2, -0.15) is 0 Å². The molecule has 2 N–H and O–H groups in total. The van der Waals surface area contributed by atoms with E-state index in [0.717, 1.165) is 67.9 Å². The van der Waals surface area contributed by atoms with Gasteiger partial charge in [0.1, 0.15) is 23.4 Å². The average Bonchev–Trinajstić information content (AvgIpc) is 3.35. The Kier molecular flexibility index (Phi) is 9.93. The molecule has 1 fully saturated rings. The van der Waals surface area contributed by atoms with Crippen molar-refractivity contribution in [2.45, 2.75) is 77.2 Å². The number of aryl methyl sites for hydroxylation is 1. The van der Waals surface area contributed by atoms with Gasteiger partial charge in [-0.3, -0.25) is 9.69 Å². The third-order valence-electron chi connectivity index (χ3n) is 7.18. The zero-order valence-electron chi connectivity index (χ0n) is 22.7. The Labute approximate surface area is 224 Å². The molecular formula is C29H40FN3O5. The van der Waals surface area contributed by atoms with E-state index in [0.29, 0.717) is 30.8 Å². The molecule has 9 heteroatoms. The van der Waals surface area contributed by atoms with Crippen LogP contribution in [0.3, 0.4) is 0 Å². The number of carboxylic acids is 1. The van der Waals surface area contributed by atoms with E-state index in [-0.39, 0.29) is 18.8 Å². The van der Waals surface area contributed by atoms with Crippen molar-refractivity contribution in [3.05, 3.63) is 52.5 Å². The van der Waals surface area contributed by atoms with E-state index in [9.17, 15) is 14.3 Å². The van der Waals surface area contributed by atoms with Crippen LogP contribution in [0, 0.1) is 5.82 Å². The summed E-state index contributed by atoms with van der Waals surface area (Å²) >= 11 is 0. The van der Waals surface area contributed by atoms with Crippen LogP contribution in [0.15, 0.2) is 24.3 Å². The maximum atomic E-state index is 14.1. The Bertz CT molecular complexity index is 1080. The van der Waals surface area contributed by atoms with E-state index in [1.807, 2.05) is 24.8 Å². The number of benzene rings is 1.